The lowest BCUT2D eigenvalue weighted by atomic mass is 10.1. The fourth-order valence-electron chi connectivity index (χ4n) is 3.46. The summed E-state index contributed by atoms with van der Waals surface area (Å²) in [6.45, 7) is 15.9. The summed E-state index contributed by atoms with van der Waals surface area (Å²) in [4.78, 5) is 73.9. The van der Waals surface area contributed by atoms with Crippen LogP contribution in [0.1, 0.15) is 113 Å². The summed E-state index contributed by atoms with van der Waals surface area (Å²) < 4.78 is 31.3. The van der Waals surface area contributed by atoms with Gasteiger partial charge in [-0.25, -0.2) is 28.8 Å². The molecule has 0 radical (unpaired) electrons. The molecule has 0 atom stereocenters. The van der Waals surface area contributed by atoms with Gasteiger partial charge in [0.05, 0.1) is 36.5 Å². The molecule has 1 aromatic rings. The Kier molecular flexibility index (Phi) is 16.7. The largest absolute Gasteiger partial charge is 0.462 e. The molecule has 1 rings (SSSR count). The zero-order valence-electron chi connectivity index (χ0n) is 29.5. The van der Waals surface area contributed by atoms with Gasteiger partial charge in [-0.3, -0.25) is 0 Å². The molecule has 3 amide bonds. The highest BCUT2D eigenvalue weighted by Crippen LogP contribution is 2.15. The fourth-order valence-corrected chi connectivity index (χ4v) is 3.46. The van der Waals surface area contributed by atoms with Gasteiger partial charge in [0.15, 0.2) is 0 Å². The standard InChI is InChI=1S/C33H51N3O12/c1-31(2,3)46-28(40)34-13-10-16-43-25(37)22-19-23(26(38)44-17-11-14-35-29(41)47-32(4,5)6)21-24(20-22)27(39)45-18-12-15-36-30(42)48-33(7,8)9/h19-21H,10-18H2,1-9H3,(H,34,40)(H,35,41)(H,36,42). The predicted molar refractivity (Wildman–Crippen MR) is 174 cm³/mol. The molecule has 0 aromatic heterocycles. The smallest absolute Gasteiger partial charge is 0.407 e. The summed E-state index contributed by atoms with van der Waals surface area (Å²) in [5, 5.41) is 7.66. The van der Waals surface area contributed by atoms with E-state index in [0.29, 0.717) is 0 Å². The Morgan fingerprint density at radius 3 is 0.896 bits per heavy atom. The van der Waals surface area contributed by atoms with Crippen molar-refractivity contribution in [3.05, 3.63) is 34.9 Å². The van der Waals surface area contributed by atoms with Gasteiger partial charge in [-0.05, 0) is 99.8 Å². The lowest BCUT2D eigenvalue weighted by molar-refractivity contribution is 0.0470. The third kappa shape index (κ3) is 19.8. The van der Waals surface area contributed by atoms with Crippen LogP contribution in [0.2, 0.25) is 0 Å². The van der Waals surface area contributed by atoms with Crippen LogP contribution in [0.25, 0.3) is 0 Å². The van der Waals surface area contributed by atoms with Gasteiger partial charge in [-0.1, -0.05) is 0 Å². The number of esters is 3. The molecule has 15 nitrogen and oxygen atoms in total. The van der Waals surface area contributed by atoms with Crippen molar-refractivity contribution in [1.29, 1.82) is 0 Å². The number of ether oxygens (including phenoxy) is 6. The lowest BCUT2D eigenvalue weighted by Crippen LogP contribution is -2.33. The number of alkyl carbamates (subject to hydrolysis) is 3. The van der Waals surface area contributed by atoms with Gasteiger partial charge in [0.2, 0.25) is 0 Å². The van der Waals surface area contributed by atoms with Crippen molar-refractivity contribution in [2.45, 2.75) is 98.4 Å². The van der Waals surface area contributed by atoms with Gasteiger partial charge in [0.25, 0.3) is 0 Å². The second kappa shape index (κ2) is 19.3. The number of benzene rings is 1. The maximum Gasteiger partial charge on any atom is 0.407 e. The van der Waals surface area contributed by atoms with E-state index in [-0.39, 0.29) is 75.4 Å². The quantitative estimate of drug-likeness (QED) is 0.129. The lowest BCUT2D eigenvalue weighted by Gasteiger charge is -2.19. The van der Waals surface area contributed by atoms with Crippen molar-refractivity contribution >= 4 is 36.2 Å². The Morgan fingerprint density at radius 1 is 0.458 bits per heavy atom. The van der Waals surface area contributed by atoms with Crippen LogP contribution in [0.3, 0.4) is 0 Å². The Labute approximate surface area is 282 Å². The Bertz CT molecular complexity index is 1100. The number of rotatable bonds is 15. The van der Waals surface area contributed by atoms with Crippen LogP contribution in [0, 0.1) is 0 Å². The van der Waals surface area contributed by atoms with Crippen molar-refractivity contribution in [3.8, 4) is 0 Å². The van der Waals surface area contributed by atoms with E-state index in [1.807, 2.05) is 0 Å². The number of hydrogen-bond donors (Lipinski definition) is 3. The Hall–Kier alpha value is -4.56. The maximum atomic E-state index is 12.9. The molecule has 270 valence electrons. The highest BCUT2D eigenvalue weighted by Gasteiger charge is 2.21. The molecule has 0 unspecified atom stereocenters. The highest BCUT2D eigenvalue weighted by molar-refractivity contribution is 6.00. The van der Waals surface area contributed by atoms with E-state index < -0.39 is 53.0 Å². The first-order chi connectivity index (χ1) is 22.1. The van der Waals surface area contributed by atoms with E-state index in [4.69, 9.17) is 28.4 Å². The minimum Gasteiger partial charge on any atom is -0.462 e. The van der Waals surface area contributed by atoms with Crippen LogP contribution in [-0.4, -0.2) is 92.4 Å². The second-order valence-electron chi connectivity index (χ2n) is 13.6. The minimum atomic E-state index is -0.820. The molecule has 0 saturated heterocycles. The van der Waals surface area contributed by atoms with Crippen LogP contribution in [-0.2, 0) is 28.4 Å². The van der Waals surface area contributed by atoms with Gasteiger partial charge >= 0.3 is 36.2 Å². The number of amides is 3. The van der Waals surface area contributed by atoms with Gasteiger partial charge in [0.1, 0.15) is 16.8 Å². The SMILES string of the molecule is CC(C)(C)OC(=O)NCCCOC(=O)c1cc(C(=O)OCCCNC(=O)OC(C)(C)C)cc(C(=O)OCCCNC(=O)OC(C)(C)C)c1. The first kappa shape index (κ1) is 41.5. The van der Waals surface area contributed by atoms with Crippen LogP contribution in [0.4, 0.5) is 14.4 Å². The molecule has 0 heterocycles. The van der Waals surface area contributed by atoms with E-state index >= 15 is 0 Å². The monoisotopic (exact) mass is 681 g/mol. The molecular formula is C33H51N3O12. The van der Waals surface area contributed by atoms with Gasteiger partial charge in [-0.15, -0.1) is 0 Å². The van der Waals surface area contributed by atoms with Crippen molar-refractivity contribution < 1.29 is 57.2 Å². The van der Waals surface area contributed by atoms with E-state index in [0.717, 1.165) is 0 Å². The number of carbonyl (C=O) groups excluding carboxylic acids is 6. The number of hydrogen-bond acceptors (Lipinski definition) is 12. The molecule has 0 saturated carbocycles. The Morgan fingerprint density at radius 2 is 0.688 bits per heavy atom. The van der Waals surface area contributed by atoms with Crippen molar-refractivity contribution in [2.24, 2.45) is 0 Å². The van der Waals surface area contributed by atoms with Crippen LogP contribution in [0.15, 0.2) is 18.2 Å². The second-order valence-corrected chi connectivity index (χ2v) is 13.6. The van der Waals surface area contributed by atoms with E-state index in [2.05, 4.69) is 16.0 Å². The van der Waals surface area contributed by atoms with Gasteiger partial charge in [-0.2, -0.15) is 0 Å². The molecule has 3 N–H and O–H groups in total. The van der Waals surface area contributed by atoms with Crippen molar-refractivity contribution in [2.75, 3.05) is 39.5 Å². The molecule has 0 fully saturated rings. The van der Waals surface area contributed by atoms with Crippen LogP contribution < -0.4 is 16.0 Å². The van der Waals surface area contributed by atoms with E-state index in [1.54, 1.807) is 62.3 Å². The predicted octanol–water partition coefficient (Wildman–Crippen LogP) is 4.90. The average molecular weight is 682 g/mol. The Balaban J connectivity index is 2.83. The summed E-state index contributed by atoms with van der Waals surface area (Å²) in [6, 6.07) is 3.68. The van der Waals surface area contributed by atoms with E-state index in [1.165, 1.54) is 18.2 Å². The number of nitrogens with one attached hydrogen (secondary N) is 3. The van der Waals surface area contributed by atoms with Crippen molar-refractivity contribution in [1.82, 2.24) is 16.0 Å². The summed E-state index contributed by atoms with van der Waals surface area (Å²) in [6.07, 6.45) is -0.999. The molecule has 48 heavy (non-hydrogen) atoms. The summed E-state index contributed by atoms with van der Waals surface area (Å²) in [5.41, 5.74) is -2.28. The fraction of sp³-hybridized carbons (Fsp3) is 0.636. The zero-order valence-corrected chi connectivity index (χ0v) is 29.5. The van der Waals surface area contributed by atoms with Gasteiger partial charge < -0.3 is 44.4 Å². The molecule has 0 aliphatic carbocycles. The summed E-state index contributed by atoms with van der Waals surface area (Å²) in [7, 11) is 0. The average Bonchev–Trinajstić information content (AvgIpc) is 2.93. The topological polar surface area (TPSA) is 194 Å². The molecule has 1 aromatic carbocycles. The zero-order chi connectivity index (χ0) is 36.5. The summed E-state index contributed by atoms with van der Waals surface area (Å²) >= 11 is 0. The molecular weight excluding hydrogens is 630 g/mol. The van der Waals surface area contributed by atoms with Crippen LogP contribution >= 0.6 is 0 Å². The van der Waals surface area contributed by atoms with Crippen LogP contribution in [0.5, 0.6) is 0 Å². The molecule has 0 bridgehead atoms. The molecule has 0 aliphatic rings. The van der Waals surface area contributed by atoms with Gasteiger partial charge in [0, 0.05) is 19.6 Å². The minimum absolute atomic E-state index is 0.0711. The first-order valence-electron chi connectivity index (χ1n) is 15.7. The van der Waals surface area contributed by atoms with E-state index in [9.17, 15) is 28.8 Å². The normalized spacial score (nSPS) is 11.4. The number of carbonyl (C=O) groups is 6. The van der Waals surface area contributed by atoms with Crippen molar-refractivity contribution in [3.63, 3.8) is 0 Å². The molecule has 15 heteroatoms. The molecule has 0 spiro atoms. The third-order valence-corrected chi connectivity index (χ3v) is 5.31. The first-order valence-corrected chi connectivity index (χ1v) is 15.7. The third-order valence-electron chi connectivity index (χ3n) is 5.31. The maximum absolute atomic E-state index is 12.9. The summed E-state index contributed by atoms with van der Waals surface area (Å²) in [5.74, 6) is -2.46. The highest BCUT2D eigenvalue weighted by atomic mass is 16.6. The molecule has 0 aliphatic heterocycles.